The number of nitrogens with one attached hydrogen (secondary N) is 5. The lowest BCUT2D eigenvalue weighted by Gasteiger charge is -2.41. The summed E-state index contributed by atoms with van der Waals surface area (Å²) in [5, 5.41) is 31.1. The molecule has 0 aliphatic carbocycles. The summed E-state index contributed by atoms with van der Waals surface area (Å²) < 4.78 is 59.3. The van der Waals surface area contributed by atoms with E-state index in [1.54, 1.807) is 47.5 Å². The first-order valence-corrected chi connectivity index (χ1v) is 33.6. The molecule has 540 valence electrons. The first-order valence-electron chi connectivity index (χ1n) is 32.5. The number of carbonyl (C=O) groups is 11. The molecule has 1 aromatic heterocycles. The largest absolute Gasteiger partial charge is 0.481 e. The van der Waals surface area contributed by atoms with Gasteiger partial charge in [0.05, 0.1) is 96.0 Å². The number of thioether (sulfide) groups is 1. The molecule has 3 aromatic carbocycles. The fourth-order valence-corrected chi connectivity index (χ4v) is 10.6. The van der Waals surface area contributed by atoms with Crippen LogP contribution in [0.2, 0.25) is 0 Å². The van der Waals surface area contributed by atoms with Gasteiger partial charge in [0.25, 0.3) is 0 Å². The van der Waals surface area contributed by atoms with Crippen molar-refractivity contribution in [2.75, 3.05) is 84.0 Å². The highest BCUT2D eigenvalue weighted by molar-refractivity contribution is 7.99. The van der Waals surface area contributed by atoms with Crippen molar-refractivity contribution in [2.45, 2.75) is 137 Å². The number of nitrogens with zero attached hydrogens (tertiary/aromatic N) is 2. The van der Waals surface area contributed by atoms with Gasteiger partial charge in [-0.15, -0.1) is 0 Å². The third kappa shape index (κ3) is 33.1. The number of amides is 7. The molecule has 4 aromatic rings. The van der Waals surface area contributed by atoms with Crippen LogP contribution < -0.4 is 32.3 Å². The number of alkyl carbamates (subject to hydrolysis) is 1. The molecule has 0 bridgehead atoms. The second-order valence-corrected chi connectivity index (χ2v) is 24.6. The molecule has 0 fully saturated rings. The molecule has 1 heterocycles. The van der Waals surface area contributed by atoms with Gasteiger partial charge >= 0.3 is 18.0 Å². The van der Waals surface area contributed by atoms with Crippen LogP contribution in [0.25, 0.3) is 11.1 Å². The number of Topliss-reactive ketones (excluding diaryl/α,β-unsaturated/α-hetero) is 2. The Kier molecular flexibility index (Phi) is 39.1. The smallest absolute Gasteiger partial charge is 0.408 e. The lowest BCUT2D eigenvalue weighted by atomic mass is 9.82. The zero-order valence-electron chi connectivity index (χ0n) is 56.9. The minimum Gasteiger partial charge on any atom is -0.481 e. The highest BCUT2D eigenvalue weighted by atomic mass is 32.2. The molecule has 5 atom stereocenters. The number of carbonyl (C=O) groups excluding carboxylic acids is 9. The van der Waals surface area contributed by atoms with Gasteiger partial charge in [-0.3, -0.25) is 47.9 Å². The monoisotopic (exact) mass is 1390 g/mol. The third-order valence-electron chi connectivity index (χ3n) is 14.6. The Morgan fingerprint density at radius 1 is 0.663 bits per heavy atom. The number of hydrogen-bond donors (Lipinski definition) is 8. The summed E-state index contributed by atoms with van der Waals surface area (Å²) in [5.74, 6) is -10.1. The number of aliphatic carboxylic acids is 2. The van der Waals surface area contributed by atoms with Crippen LogP contribution in [0.5, 0.6) is 0 Å². The number of carboxylic acid groups (broad SMARTS) is 2. The van der Waals surface area contributed by atoms with Gasteiger partial charge in [-0.1, -0.05) is 95.3 Å². The van der Waals surface area contributed by atoms with Crippen LogP contribution in [0.4, 0.5) is 13.6 Å². The summed E-state index contributed by atoms with van der Waals surface area (Å²) in [6.45, 7) is 14.0. The number of unbranched alkanes of at least 4 members (excludes halogenated alkanes) is 1. The molecule has 0 spiro atoms. The van der Waals surface area contributed by atoms with Gasteiger partial charge in [-0.05, 0) is 67.5 Å². The standard InChI is InChI=1S/C67H90F2N8O18S.C2H6/c1-44(73-63(86)45(2)74-66(90)95-41-47-16-10-7-11-17-47)64(87)75-54(37-57(70)80)56(79)18-12-13-25-77(62(67(3,4)5)55-35-48(52-36-50(68)19-20-53(52)69)40-76(55)39-46-14-8-6-9-15-46)60(83)43-96-42-49(65(88)89)34-51(78)23-26-91-28-30-93-32-33-94-31-29-92-27-24-71-59(82)38-72-58(81)21-22-61(84)85;1-2/h6-11,14-17,19-20,35-36,40,44-45,49,54,62H,12-13,18,21-34,37-39,41-43H2,1-5H3,(H2,70,80)(H,71,82)(H,72,81)(H,73,86)(H,74,90)(H,75,87)(H,84,85)(H,88,89);1-2H3/t44-,45-,49-,54-,62-;/m0./s1. The number of primary amides is 1. The van der Waals surface area contributed by atoms with Crippen LogP contribution in [-0.4, -0.2) is 187 Å². The van der Waals surface area contributed by atoms with Gasteiger partial charge in [-0.2, -0.15) is 11.8 Å². The quantitative estimate of drug-likeness (QED) is 0.0225. The molecule has 0 aliphatic rings. The fourth-order valence-electron chi connectivity index (χ4n) is 9.65. The molecule has 0 saturated carbocycles. The Morgan fingerprint density at radius 3 is 1.86 bits per heavy atom. The molecule has 26 nitrogen and oxygen atoms in total. The molecule has 9 N–H and O–H groups in total. The summed E-state index contributed by atoms with van der Waals surface area (Å²) in [4.78, 5) is 141. The fraction of sp³-hybridized carbons (Fsp3) is 0.522. The second-order valence-electron chi connectivity index (χ2n) is 23.6. The first-order chi connectivity index (χ1) is 46.7. The van der Waals surface area contributed by atoms with Crippen molar-refractivity contribution in [1.29, 1.82) is 0 Å². The summed E-state index contributed by atoms with van der Waals surface area (Å²) in [6, 6.07) is 18.4. The maximum atomic E-state index is 15.6. The molecule has 29 heteroatoms. The number of aromatic nitrogens is 1. The number of rotatable bonds is 47. The number of carboxylic acids is 2. The molecule has 98 heavy (non-hydrogen) atoms. The van der Waals surface area contributed by atoms with Gasteiger partial charge in [0, 0.05) is 74.1 Å². The molecule has 0 radical (unpaired) electrons. The topological polar surface area (TPSA) is 369 Å². The maximum Gasteiger partial charge on any atom is 0.408 e. The highest BCUT2D eigenvalue weighted by Crippen LogP contribution is 2.42. The number of benzene rings is 3. The van der Waals surface area contributed by atoms with Crippen molar-refractivity contribution >= 4 is 76.8 Å². The molecular weight excluding hydrogens is 1300 g/mol. The average molecular weight is 1400 g/mol. The van der Waals surface area contributed by atoms with Crippen molar-refractivity contribution < 1.29 is 95.4 Å². The van der Waals surface area contributed by atoms with E-state index in [0.29, 0.717) is 11.3 Å². The van der Waals surface area contributed by atoms with Gasteiger partial charge < -0.3 is 75.7 Å². The minimum absolute atomic E-state index is 0.000684. The van der Waals surface area contributed by atoms with Crippen LogP contribution >= 0.6 is 11.8 Å². The molecule has 4 rings (SSSR count). The summed E-state index contributed by atoms with van der Waals surface area (Å²) in [6.07, 6.45) is -0.674. The summed E-state index contributed by atoms with van der Waals surface area (Å²) >= 11 is 1.02. The predicted octanol–water partition coefficient (Wildman–Crippen LogP) is 6.29. The number of ether oxygens (including phenoxy) is 5. The predicted molar refractivity (Wildman–Crippen MR) is 361 cm³/mol. The van der Waals surface area contributed by atoms with E-state index in [1.165, 1.54) is 13.8 Å². The lowest BCUT2D eigenvalue weighted by molar-refractivity contribution is -0.143. The zero-order chi connectivity index (χ0) is 72.6. The van der Waals surface area contributed by atoms with Gasteiger partial charge in [0.1, 0.15) is 36.1 Å². The van der Waals surface area contributed by atoms with Crippen molar-refractivity contribution in [1.82, 2.24) is 36.1 Å². The minimum atomic E-state index is -1.41. The van der Waals surface area contributed by atoms with E-state index in [0.717, 1.165) is 41.1 Å². The average Bonchev–Trinajstić information content (AvgIpc) is 1.58. The number of ketones is 2. The Bertz CT molecular complexity index is 3190. The normalized spacial score (nSPS) is 12.6. The van der Waals surface area contributed by atoms with E-state index in [4.69, 9.17) is 34.5 Å². The Hall–Kier alpha value is -8.64. The van der Waals surface area contributed by atoms with Crippen molar-refractivity contribution in [3.05, 3.63) is 120 Å². The molecule has 7 amide bonds. The van der Waals surface area contributed by atoms with Crippen molar-refractivity contribution in [2.24, 2.45) is 17.1 Å². The number of halogens is 2. The van der Waals surface area contributed by atoms with E-state index in [9.17, 15) is 62.2 Å². The number of nitrogens with two attached hydrogens (primary N) is 1. The summed E-state index contributed by atoms with van der Waals surface area (Å²) in [7, 11) is 0. The van der Waals surface area contributed by atoms with Crippen molar-refractivity contribution in [3.63, 3.8) is 0 Å². The number of hydrogen-bond acceptors (Lipinski definition) is 17. The maximum absolute atomic E-state index is 15.6. The zero-order valence-corrected chi connectivity index (χ0v) is 57.7. The first kappa shape index (κ1) is 83.6. The van der Waals surface area contributed by atoms with Gasteiger partial charge in [0.2, 0.25) is 35.4 Å². The van der Waals surface area contributed by atoms with Gasteiger partial charge in [-0.25, -0.2) is 13.6 Å². The Labute approximate surface area is 574 Å². The molecule has 0 unspecified atom stereocenters. The highest BCUT2D eigenvalue weighted by Gasteiger charge is 2.38. The van der Waals surface area contributed by atoms with E-state index in [-0.39, 0.29) is 153 Å². The summed E-state index contributed by atoms with van der Waals surface area (Å²) in [5.41, 5.74) is 7.18. The SMILES string of the molecule is CC.C[C@H](NC(=O)OCc1ccccc1)C(=O)N[C@@H](C)C(=O)N[C@@H](CC(N)=O)C(=O)CCCCN(C(=O)CSC[C@H](CC(=O)CCOCCOCCOCCOCCNC(=O)CNC(=O)CCC(=O)O)C(=O)O)[C@@H](c1cc(-c2cc(F)ccc2F)cn1Cc1ccccc1)C(C)(C)C. The Balaban J connectivity index is 0.0000124. The second kappa shape index (κ2) is 45.8. The van der Waals surface area contributed by atoms with Gasteiger partial charge in [0.15, 0.2) is 5.78 Å². The van der Waals surface area contributed by atoms with Crippen LogP contribution in [-0.2, 0) is 84.8 Å². The molecule has 0 saturated heterocycles. The van der Waals surface area contributed by atoms with E-state index < -0.39 is 113 Å². The Morgan fingerprint density at radius 2 is 1.26 bits per heavy atom. The van der Waals surface area contributed by atoms with Crippen LogP contribution in [0.3, 0.4) is 0 Å². The van der Waals surface area contributed by atoms with Crippen LogP contribution in [0.15, 0.2) is 91.1 Å². The van der Waals surface area contributed by atoms with Crippen LogP contribution in [0.1, 0.15) is 123 Å². The molecule has 0 aliphatic heterocycles. The lowest BCUT2D eigenvalue weighted by Crippen LogP contribution is -2.54. The van der Waals surface area contributed by atoms with E-state index >= 15 is 4.39 Å². The molecular formula is C69H96F2N8O18S. The third-order valence-corrected chi connectivity index (χ3v) is 15.7. The van der Waals surface area contributed by atoms with E-state index in [1.807, 2.05) is 69.5 Å². The van der Waals surface area contributed by atoms with E-state index in [2.05, 4.69) is 26.6 Å². The van der Waals surface area contributed by atoms with Crippen molar-refractivity contribution in [3.8, 4) is 11.1 Å². The van der Waals surface area contributed by atoms with Crippen LogP contribution in [0, 0.1) is 23.0 Å².